The minimum Gasteiger partial charge on any atom is -0.405 e. The molecule has 0 aliphatic rings. The molecular formula is C7H3F3N2O2. The van der Waals surface area contributed by atoms with Crippen LogP contribution in [0, 0.1) is 11.3 Å². The summed E-state index contributed by atoms with van der Waals surface area (Å²) in [5, 5.41) is 8.33. The van der Waals surface area contributed by atoms with E-state index in [0.717, 1.165) is 6.07 Å². The van der Waals surface area contributed by atoms with E-state index in [2.05, 4.69) is 4.74 Å². The van der Waals surface area contributed by atoms with Gasteiger partial charge in [0.05, 0.1) is 0 Å². The summed E-state index contributed by atoms with van der Waals surface area (Å²) in [5.41, 5.74) is -1.12. The molecule has 0 atom stereocenters. The standard InChI is InChI=1S/C7H3F3N2O2/c8-7(9,10)14-5-1-4(3-11)12-6(13)2-5/h1-2H,(H,12,13). The van der Waals surface area contributed by atoms with E-state index >= 15 is 0 Å². The summed E-state index contributed by atoms with van der Waals surface area (Å²) in [6.45, 7) is 0. The van der Waals surface area contributed by atoms with Crippen LogP contribution in [0.15, 0.2) is 16.9 Å². The Morgan fingerprint density at radius 2 is 2.07 bits per heavy atom. The average Bonchev–Trinajstić information content (AvgIpc) is 1.99. The molecular weight excluding hydrogens is 201 g/mol. The largest absolute Gasteiger partial charge is 0.573 e. The molecule has 0 aliphatic carbocycles. The maximum Gasteiger partial charge on any atom is 0.573 e. The van der Waals surface area contributed by atoms with E-state index in [1.54, 1.807) is 0 Å². The lowest BCUT2D eigenvalue weighted by atomic mass is 10.3. The quantitative estimate of drug-likeness (QED) is 0.745. The highest BCUT2D eigenvalue weighted by molar-refractivity contribution is 5.29. The number of hydrogen-bond donors (Lipinski definition) is 1. The van der Waals surface area contributed by atoms with Gasteiger partial charge in [-0.1, -0.05) is 0 Å². The Kier molecular flexibility index (Phi) is 2.47. The van der Waals surface area contributed by atoms with Crippen molar-refractivity contribution in [3.63, 3.8) is 0 Å². The number of rotatable bonds is 1. The summed E-state index contributed by atoms with van der Waals surface area (Å²) in [6.07, 6.45) is -4.87. The van der Waals surface area contributed by atoms with Crippen LogP contribution in [0.25, 0.3) is 0 Å². The predicted octanol–water partition coefficient (Wildman–Crippen LogP) is 1.15. The molecule has 0 spiro atoms. The number of halogens is 3. The average molecular weight is 204 g/mol. The summed E-state index contributed by atoms with van der Waals surface area (Å²) in [5.74, 6) is -0.710. The van der Waals surface area contributed by atoms with Gasteiger partial charge in [0, 0.05) is 12.1 Å². The fourth-order valence-corrected chi connectivity index (χ4v) is 0.771. The number of aromatic amines is 1. The first-order valence-corrected chi connectivity index (χ1v) is 3.31. The molecule has 7 heteroatoms. The molecule has 0 saturated heterocycles. The van der Waals surface area contributed by atoms with E-state index in [1.165, 1.54) is 6.07 Å². The topological polar surface area (TPSA) is 65.9 Å². The van der Waals surface area contributed by atoms with Gasteiger partial charge in [-0.2, -0.15) is 5.26 Å². The van der Waals surface area contributed by atoms with Gasteiger partial charge < -0.3 is 9.72 Å². The van der Waals surface area contributed by atoms with Gasteiger partial charge in [0.1, 0.15) is 17.5 Å². The van der Waals surface area contributed by atoms with Crippen LogP contribution < -0.4 is 10.3 Å². The third-order valence-electron chi connectivity index (χ3n) is 1.17. The monoisotopic (exact) mass is 204 g/mol. The number of H-pyrrole nitrogens is 1. The van der Waals surface area contributed by atoms with Gasteiger partial charge in [-0.05, 0) is 0 Å². The molecule has 1 rings (SSSR count). The summed E-state index contributed by atoms with van der Waals surface area (Å²) in [7, 11) is 0. The summed E-state index contributed by atoms with van der Waals surface area (Å²) >= 11 is 0. The van der Waals surface area contributed by atoms with E-state index in [9.17, 15) is 18.0 Å². The zero-order valence-corrected chi connectivity index (χ0v) is 6.55. The highest BCUT2D eigenvalue weighted by atomic mass is 19.4. The third-order valence-corrected chi connectivity index (χ3v) is 1.17. The molecule has 74 valence electrons. The van der Waals surface area contributed by atoms with Gasteiger partial charge >= 0.3 is 6.36 Å². The van der Waals surface area contributed by atoms with Gasteiger partial charge in [0.2, 0.25) is 0 Å². The molecule has 14 heavy (non-hydrogen) atoms. The van der Waals surface area contributed by atoms with Crippen molar-refractivity contribution in [3.05, 3.63) is 28.2 Å². The van der Waals surface area contributed by atoms with Crippen LogP contribution in [-0.2, 0) is 0 Å². The molecule has 1 N–H and O–H groups in total. The molecule has 0 aliphatic heterocycles. The first kappa shape index (κ1) is 10.1. The molecule has 1 heterocycles. The second-order valence-electron chi connectivity index (χ2n) is 2.25. The summed E-state index contributed by atoms with van der Waals surface area (Å²) < 4.78 is 38.5. The highest BCUT2D eigenvalue weighted by Crippen LogP contribution is 2.21. The highest BCUT2D eigenvalue weighted by Gasteiger charge is 2.31. The third kappa shape index (κ3) is 2.82. The maximum atomic E-state index is 11.7. The van der Waals surface area contributed by atoms with Crippen molar-refractivity contribution in [2.75, 3.05) is 0 Å². The Bertz CT molecular complexity index is 430. The van der Waals surface area contributed by atoms with Crippen LogP contribution in [0.5, 0.6) is 5.75 Å². The van der Waals surface area contributed by atoms with Crippen molar-refractivity contribution in [2.45, 2.75) is 6.36 Å². The van der Waals surface area contributed by atoms with E-state index < -0.39 is 17.7 Å². The Morgan fingerprint density at radius 1 is 1.43 bits per heavy atom. The minimum atomic E-state index is -4.87. The van der Waals surface area contributed by atoms with Crippen molar-refractivity contribution in [1.82, 2.24) is 4.98 Å². The molecule has 0 fully saturated rings. The first-order chi connectivity index (χ1) is 6.40. The van der Waals surface area contributed by atoms with E-state index in [4.69, 9.17) is 5.26 Å². The zero-order chi connectivity index (χ0) is 10.8. The first-order valence-electron chi connectivity index (χ1n) is 3.31. The number of nitrogens with one attached hydrogen (secondary N) is 1. The molecule has 0 bridgehead atoms. The van der Waals surface area contributed by atoms with Crippen molar-refractivity contribution >= 4 is 0 Å². The van der Waals surface area contributed by atoms with Crippen LogP contribution in [-0.4, -0.2) is 11.3 Å². The Morgan fingerprint density at radius 3 is 2.57 bits per heavy atom. The molecule has 1 aromatic heterocycles. The zero-order valence-electron chi connectivity index (χ0n) is 6.55. The lowest BCUT2D eigenvalue weighted by molar-refractivity contribution is -0.274. The molecule has 0 amide bonds. The summed E-state index contributed by atoms with van der Waals surface area (Å²) in [4.78, 5) is 12.7. The van der Waals surface area contributed by atoms with E-state index in [0.29, 0.717) is 6.07 Å². The molecule has 0 saturated carbocycles. The molecule has 4 nitrogen and oxygen atoms in total. The lowest BCUT2D eigenvalue weighted by Gasteiger charge is -2.07. The smallest absolute Gasteiger partial charge is 0.405 e. The van der Waals surface area contributed by atoms with Crippen LogP contribution in [0.2, 0.25) is 0 Å². The van der Waals surface area contributed by atoms with Crippen LogP contribution in [0.4, 0.5) is 13.2 Å². The van der Waals surface area contributed by atoms with Gasteiger partial charge in [-0.25, -0.2) is 0 Å². The number of aromatic nitrogens is 1. The summed E-state index contributed by atoms with van der Waals surface area (Å²) in [6, 6.07) is 2.88. The lowest BCUT2D eigenvalue weighted by Crippen LogP contribution is -2.19. The fraction of sp³-hybridized carbons (Fsp3) is 0.143. The van der Waals surface area contributed by atoms with Crippen molar-refractivity contribution < 1.29 is 17.9 Å². The second kappa shape index (κ2) is 3.41. The van der Waals surface area contributed by atoms with Crippen molar-refractivity contribution in [1.29, 1.82) is 5.26 Å². The number of nitriles is 1. The number of hydrogen-bond acceptors (Lipinski definition) is 3. The number of alkyl halides is 3. The van der Waals surface area contributed by atoms with Crippen LogP contribution in [0.1, 0.15) is 5.69 Å². The van der Waals surface area contributed by atoms with Gasteiger partial charge in [-0.15, -0.1) is 13.2 Å². The Balaban J connectivity index is 3.06. The SMILES string of the molecule is N#Cc1cc(OC(F)(F)F)cc(=O)[nH]1. The predicted molar refractivity (Wildman–Crippen MR) is 38.5 cm³/mol. The van der Waals surface area contributed by atoms with Crippen LogP contribution in [0.3, 0.4) is 0 Å². The van der Waals surface area contributed by atoms with Crippen LogP contribution >= 0.6 is 0 Å². The van der Waals surface area contributed by atoms with Crippen molar-refractivity contribution in [2.24, 2.45) is 0 Å². The minimum absolute atomic E-state index is 0.295. The molecule has 0 aromatic carbocycles. The fourth-order valence-electron chi connectivity index (χ4n) is 0.771. The number of ether oxygens (including phenoxy) is 1. The van der Waals surface area contributed by atoms with Gasteiger partial charge in [0.25, 0.3) is 5.56 Å². The Hall–Kier alpha value is -1.97. The van der Waals surface area contributed by atoms with E-state index in [-0.39, 0.29) is 5.69 Å². The normalized spacial score (nSPS) is 10.7. The van der Waals surface area contributed by atoms with E-state index in [1.807, 2.05) is 4.98 Å². The molecule has 0 radical (unpaired) electrons. The maximum absolute atomic E-state index is 11.7. The molecule has 1 aromatic rings. The second-order valence-corrected chi connectivity index (χ2v) is 2.25. The number of nitrogens with zero attached hydrogens (tertiary/aromatic N) is 1. The van der Waals surface area contributed by atoms with Crippen molar-refractivity contribution in [3.8, 4) is 11.8 Å². The molecule has 0 unspecified atom stereocenters. The number of pyridine rings is 1. The van der Waals surface area contributed by atoms with Gasteiger partial charge in [0.15, 0.2) is 0 Å². The van der Waals surface area contributed by atoms with Gasteiger partial charge in [-0.3, -0.25) is 4.79 Å². The Labute approximate surface area is 75.5 Å².